The standard InChI is InChI=1S/C20H23N3O3S/c24-17(22-20-7-12-4-13(8-20)6-14(5-12)9-20)16-10-21-19(26)23(18(16)25)11-15-2-1-3-27-15/h1-3,10,12-14H,4-9,11H2,(H,21,26)(H,22,24). The topological polar surface area (TPSA) is 84.0 Å². The van der Waals surface area contributed by atoms with Crippen LogP contribution in [0.25, 0.3) is 0 Å². The molecule has 0 aliphatic heterocycles. The summed E-state index contributed by atoms with van der Waals surface area (Å²) in [6.45, 7) is 0.185. The Bertz CT molecular complexity index is 953. The van der Waals surface area contributed by atoms with Crippen molar-refractivity contribution in [2.24, 2.45) is 17.8 Å². The van der Waals surface area contributed by atoms with Crippen LogP contribution >= 0.6 is 11.3 Å². The van der Waals surface area contributed by atoms with Gasteiger partial charge in [-0.1, -0.05) is 6.07 Å². The summed E-state index contributed by atoms with van der Waals surface area (Å²) in [6, 6.07) is 3.75. The van der Waals surface area contributed by atoms with Crippen molar-refractivity contribution in [2.75, 3.05) is 0 Å². The maximum Gasteiger partial charge on any atom is 0.328 e. The van der Waals surface area contributed by atoms with E-state index in [9.17, 15) is 14.4 Å². The number of rotatable bonds is 4. The van der Waals surface area contributed by atoms with Gasteiger partial charge in [0.2, 0.25) is 0 Å². The largest absolute Gasteiger partial charge is 0.346 e. The number of nitrogens with zero attached hydrogens (tertiary/aromatic N) is 1. The Balaban J connectivity index is 1.42. The van der Waals surface area contributed by atoms with Crippen molar-refractivity contribution in [1.29, 1.82) is 0 Å². The van der Waals surface area contributed by atoms with Crippen LogP contribution in [0.3, 0.4) is 0 Å². The lowest BCUT2D eigenvalue weighted by molar-refractivity contribution is -0.0167. The first-order valence-corrected chi connectivity index (χ1v) is 10.6. The van der Waals surface area contributed by atoms with Gasteiger partial charge in [0, 0.05) is 16.6 Å². The normalized spacial score (nSPS) is 31.2. The molecule has 0 radical (unpaired) electrons. The number of H-pyrrole nitrogens is 1. The average molecular weight is 385 g/mol. The van der Waals surface area contributed by atoms with Gasteiger partial charge in [-0.2, -0.15) is 0 Å². The molecule has 2 aromatic heterocycles. The summed E-state index contributed by atoms with van der Waals surface area (Å²) in [6.07, 6.45) is 8.22. The van der Waals surface area contributed by atoms with E-state index >= 15 is 0 Å². The van der Waals surface area contributed by atoms with Crippen LogP contribution in [0, 0.1) is 17.8 Å². The van der Waals surface area contributed by atoms with E-state index in [1.807, 2.05) is 17.5 Å². The first-order chi connectivity index (χ1) is 13.0. The number of nitrogens with one attached hydrogen (secondary N) is 2. The van der Waals surface area contributed by atoms with Crippen LogP contribution in [0.4, 0.5) is 0 Å². The van der Waals surface area contributed by atoms with E-state index in [0.717, 1.165) is 28.7 Å². The molecule has 4 fully saturated rings. The fourth-order valence-corrected chi connectivity index (χ4v) is 6.64. The number of amides is 1. The molecule has 6 nitrogen and oxygen atoms in total. The molecule has 2 N–H and O–H groups in total. The lowest BCUT2D eigenvalue weighted by Gasteiger charge is -2.56. The summed E-state index contributed by atoms with van der Waals surface area (Å²) in [5.74, 6) is 1.78. The summed E-state index contributed by atoms with van der Waals surface area (Å²) < 4.78 is 1.11. The van der Waals surface area contributed by atoms with Gasteiger partial charge in [-0.15, -0.1) is 11.3 Å². The molecule has 7 heteroatoms. The molecule has 27 heavy (non-hydrogen) atoms. The molecule has 0 unspecified atom stereocenters. The van der Waals surface area contributed by atoms with Gasteiger partial charge in [0.1, 0.15) is 5.56 Å². The zero-order chi connectivity index (χ0) is 18.6. The van der Waals surface area contributed by atoms with Gasteiger partial charge in [-0.3, -0.25) is 14.2 Å². The number of carbonyl (C=O) groups is 1. The number of hydrogen-bond donors (Lipinski definition) is 2. The third kappa shape index (κ3) is 2.98. The molecular weight excluding hydrogens is 362 g/mol. The molecule has 0 atom stereocenters. The first kappa shape index (κ1) is 17.0. The molecule has 0 saturated heterocycles. The highest BCUT2D eigenvalue weighted by molar-refractivity contribution is 7.09. The summed E-state index contributed by atoms with van der Waals surface area (Å²) in [7, 11) is 0. The van der Waals surface area contributed by atoms with Crippen LogP contribution in [-0.2, 0) is 6.54 Å². The predicted octanol–water partition coefficient (Wildman–Crippen LogP) is 2.35. The van der Waals surface area contributed by atoms with E-state index in [-0.39, 0.29) is 23.6 Å². The van der Waals surface area contributed by atoms with Crippen molar-refractivity contribution in [3.05, 3.63) is 55.0 Å². The van der Waals surface area contributed by atoms with Crippen molar-refractivity contribution in [3.63, 3.8) is 0 Å². The third-order valence-electron chi connectivity index (χ3n) is 6.62. The molecule has 2 heterocycles. The summed E-state index contributed by atoms with van der Waals surface area (Å²) in [5, 5.41) is 5.12. The summed E-state index contributed by atoms with van der Waals surface area (Å²) in [5.41, 5.74) is -1.14. The van der Waals surface area contributed by atoms with Crippen LogP contribution < -0.4 is 16.6 Å². The van der Waals surface area contributed by atoms with Crippen molar-refractivity contribution >= 4 is 17.2 Å². The average Bonchev–Trinajstić information content (AvgIpc) is 3.10. The maximum absolute atomic E-state index is 13.0. The van der Waals surface area contributed by atoms with Crippen molar-refractivity contribution in [3.8, 4) is 0 Å². The fraction of sp³-hybridized carbons (Fsp3) is 0.550. The second-order valence-corrected chi connectivity index (χ2v) is 9.66. The Morgan fingerprint density at radius 1 is 1.19 bits per heavy atom. The third-order valence-corrected chi connectivity index (χ3v) is 7.48. The minimum atomic E-state index is -0.519. The molecule has 6 rings (SSSR count). The lowest BCUT2D eigenvalue weighted by Crippen LogP contribution is -2.60. The van der Waals surface area contributed by atoms with Gasteiger partial charge >= 0.3 is 5.69 Å². The van der Waals surface area contributed by atoms with E-state index < -0.39 is 11.2 Å². The second kappa shape index (κ2) is 6.19. The highest BCUT2D eigenvalue weighted by Gasteiger charge is 2.51. The monoisotopic (exact) mass is 385 g/mol. The smallest absolute Gasteiger partial charge is 0.328 e. The second-order valence-electron chi connectivity index (χ2n) is 8.63. The van der Waals surface area contributed by atoms with E-state index in [1.165, 1.54) is 36.8 Å². The minimum absolute atomic E-state index is 0.0295. The Kier molecular flexibility index (Phi) is 3.89. The van der Waals surface area contributed by atoms with Gasteiger partial charge in [0.15, 0.2) is 0 Å². The van der Waals surface area contributed by atoms with Gasteiger partial charge in [-0.25, -0.2) is 4.79 Å². The molecule has 0 spiro atoms. The maximum atomic E-state index is 13.0. The molecular formula is C20H23N3O3S. The Morgan fingerprint density at radius 3 is 2.44 bits per heavy atom. The molecule has 0 aromatic carbocycles. The van der Waals surface area contributed by atoms with E-state index in [2.05, 4.69) is 10.3 Å². The van der Waals surface area contributed by atoms with Crippen molar-refractivity contribution in [2.45, 2.75) is 50.6 Å². The lowest BCUT2D eigenvalue weighted by atomic mass is 9.53. The van der Waals surface area contributed by atoms with Crippen molar-refractivity contribution < 1.29 is 4.79 Å². The zero-order valence-corrected chi connectivity index (χ0v) is 15.9. The van der Waals surface area contributed by atoms with Crippen molar-refractivity contribution in [1.82, 2.24) is 14.9 Å². The molecule has 142 valence electrons. The van der Waals surface area contributed by atoms with E-state index in [0.29, 0.717) is 17.8 Å². The number of thiophene rings is 1. The number of carbonyl (C=O) groups excluding carboxylic acids is 1. The van der Waals surface area contributed by atoms with Crippen LogP contribution in [0.1, 0.15) is 53.8 Å². The summed E-state index contributed by atoms with van der Waals surface area (Å²) >= 11 is 1.48. The minimum Gasteiger partial charge on any atom is -0.346 e. The molecule has 4 aliphatic rings. The number of aromatic amines is 1. The van der Waals surface area contributed by atoms with E-state index in [4.69, 9.17) is 0 Å². The van der Waals surface area contributed by atoms with E-state index in [1.54, 1.807) is 0 Å². The quantitative estimate of drug-likeness (QED) is 0.847. The summed E-state index contributed by atoms with van der Waals surface area (Å²) in [4.78, 5) is 41.4. The Hall–Kier alpha value is -2.15. The van der Waals surface area contributed by atoms with Gasteiger partial charge in [0.25, 0.3) is 11.5 Å². The Labute approximate surface area is 160 Å². The van der Waals surface area contributed by atoms with Crippen LogP contribution in [0.2, 0.25) is 0 Å². The number of aromatic nitrogens is 2. The number of hydrogen-bond acceptors (Lipinski definition) is 4. The molecule has 4 aliphatic carbocycles. The highest BCUT2D eigenvalue weighted by Crippen LogP contribution is 2.55. The molecule has 4 saturated carbocycles. The van der Waals surface area contributed by atoms with Gasteiger partial charge in [0.05, 0.1) is 6.54 Å². The van der Waals surface area contributed by atoms with Gasteiger partial charge in [-0.05, 0) is 67.7 Å². The molecule has 4 bridgehead atoms. The first-order valence-electron chi connectivity index (χ1n) is 9.69. The van der Waals surface area contributed by atoms with Crippen LogP contribution in [0.15, 0.2) is 33.3 Å². The Morgan fingerprint density at radius 2 is 1.85 bits per heavy atom. The SMILES string of the molecule is O=C(NC12CC3CC(CC(C3)C1)C2)c1c[nH]c(=O)n(Cc2cccs2)c1=O. The molecule has 2 aromatic rings. The predicted molar refractivity (Wildman–Crippen MR) is 103 cm³/mol. The zero-order valence-electron chi connectivity index (χ0n) is 15.1. The van der Waals surface area contributed by atoms with Crippen LogP contribution in [0.5, 0.6) is 0 Å². The fourth-order valence-electron chi connectivity index (χ4n) is 5.95. The van der Waals surface area contributed by atoms with Gasteiger partial charge < -0.3 is 10.3 Å². The molecule has 1 amide bonds. The van der Waals surface area contributed by atoms with Crippen LogP contribution in [-0.4, -0.2) is 21.0 Å². The highest BCUT2D eigenvalue weighted by atomic mass is 32.1.